The fraction of sp³-hybridized carbons (Fsp3) is 0.235. The number of hydrogen-bond donors (Lipinski definition) is 1. The molecule has 2 aromatic carbocycles. The van der Waals surface area contributed by atoms with Crippen LogP contribution >= 0.6 is 0 Å². The molecule has 9 heteroatoms. The van der Waals surface area contributed by atoms with Crippen molar-refractivity contribution in [1.29, 1.82) is 0 Å². The summed E-state index contributed by atoms with van der Waals surface area (Å²) in [4.78, 5) is 13.1. The van der Waals surface area contributed by atoms with Gasteiger partial charge in [-0.15, -0.1) is 0 Å². The molecule has 1 aliphatic rings. The number of carbonyl (C=O) groups is 1. The Morgan fingerprint density at radius 2 is 2.00 bits per heavy atom. The predicted molar refractivity (Wildman–Crippen MR) is 90.3 cm³/mol. The van der Waals surface area contributed by atoms with Crippen molar-refractivity contribution < 1.29 is 26.7 Å². The van der Waals surface area contributed by atoms with Gasteiger partial charge in [-0.05, 0) is 48.9 Å². The molecule has 6 nitrogen and oxygen atoms in total. The minimum absolute atomic E-state index is 0.0766. The van der Waals surface area contributed by atoms with E-state index in [1.807, 2.05) is 0 Å². The Balaban J connectivity index is 1.66. The second-order valence-electron chi connectivity index (χ2n) is 5.86. The molecule has 1 fully saturated rings. The zero-order chi connectivity index (χ0) is 18.9. The van der Waals surface area contributed by atoms with Gasteiger partial charge in [-0.2, -0.15) is 0 Å². The maximum atomic E-state index is 13.3. The fourth-order valence-electron chi connectivity index (χ4n) is 2.55. The summed E-state index contributed by atoms with van der Waals surface area (Å²) in [6.07, 6.45) is -1.42. The van der Waals surface area contributed by atoms with Crippen molar-refractivity contribution in [3.8, 4) is 0 Å². The monoisotopic (exact) mass is 382 g/mol. The topological polar surface area (TPSA) is 75.7 Å². The molecule has 1 heterocycles. The summed E-state index contributed by atoms with van der Waals surface area (Å²) < 4.78 is 58.6. The molecule has 2 aromatic rings. The summed E-state index contributed by atoms with van der Waals surface area (Å²) in [5.41, 5.74) is 0.534. The molecule has 1 N–H and O–H groups in total. The standard InChI is InChI=1S/C17H16F2N2O4S/c1-11-7-15(5-6-16(11)19)26(23,24)20-9-14-10-21(17(22)25-14)13-4-2-3-12(18)8-13/h2-8,14,20H,9-10H2,1H3. The Kier molecular flexibility index (Phi) is 4.92. The molecule has 1 unspecified atom stereocenters. The lowest BCUT2D eigenvalue weighted by atomic mass is 10.2. The normalized spacial score (nSPS) is 17.4. The lowest BCUT2D eigenvalue weighted by Gasteiger charge is -2.13. The number of amides is 1. The Labute approximate surface area is 149 Å². The number of rotatable bonds is 5. The molecule has 0 aliphatic carbocycles. The Morgan fingerprint density at radius 3 is 2.69 bits per heavy atom. The van der Waals surface area contributed by atoms with Gasteiger partial charge >= 0.3 is 6.09 Å². The van der Waals surface area contributed by atoms with Gasteiger partial charge in [0.1, 0.15) is 17.7 Å². The number of cyclic esters (lactones) is 1. The van der Waals surface area contributed by atoms with E-state index in [1.165, 1.54) is 36.1 Å². The molecule has 0 spiro atoms. The number of benzene rings is 2. The first kappa shape index (κ1) is 18.3. The highest BCUT2D eigenvalue weighted by Crippen LogP contribution is 2.22. The van der Waals surface area contributed by atoms with Crippen LogP contribution in [0.15, 0.2) is 47.4 Å². The SMILES string of the molecule is Cc1cc(S(=O)(=O)NCC2CN(c3cccc(F)c3)C(=O)O2)ccc1F. The first-order chi connectivity index (χ1) is 12.3. The van der Waals surface area contributed by atoms with Gasteiger partial charge in [-0.25, -0.2) is 26.7 Å². The second-order valence-corrected chi connectivity index (χ2v) is 7.63. The summed E-state index contributed by atoms with van der Waals surface area (Å²) in [7, 11) is -3.88. The second kappa shape index (κ2) is 7.00. The third-order valence-corrected chi connectivity index (χ3v) is 5.36. The Bertz CT molecular complexity index is 950. The summed E-state index contributed by atoms with van der Waals surface area (Å²) in [5.74, 6) is -0.995. The molecule has 1 atom stereocenters. The summed E-state index contributed by atoms with van der Waals surface area (Å²) in [6.45, 7) is 1.38. The van der Waals surface area contributed by atoms with Crippen LogP contribution in [0.4, 0.5) is 19.3 Å². The molecule has 1 amide bonds. The fourth-order valence-corrected chi connectivity index (χ4v) is 3.70. The van der Waals surface area contributed by atoms with Crippen molar-refractivity contribution >= 4 is 21.8 Å². The highest BCUT2D eigenvalue weighted by Gasteiger charge is 2.33. The van der Waals surface area contributed by atoms with Crippen molar-refractivity contribution in [3.63, 3.8) is 0 Å². The van der Waals surface area contributed by atoms with E-state index in [2.05, 4.69) is 4.72 Å². The highest BCUT2D eigenvalue weighted by molar-refractivity contribution is 7.89. The highest BCUT2D eigenvalue weighted by atomic mass is 32.2. The zero-order valence-electron chi connectivity index (χ0n) is 13.8. The summed E-state index contributed by atoms with van der Waals surface area (Å²) in [6, 6.07) is 8.91. The Hall–Kier alpha value is -2.52. The van der Waals surface area contributed by atoms with Gasteiger partial charge in [0, 0.05) is 6.54 Å². The lowest BCUT2D eigenvalue weighted by molar-refractivity contribution is 0.143. The van der Waals surface area contributed by atoms with E-state index in [-0.39, 0.29) is 23.5 Å². The molecule has 26 heavy (non-hydrogen) atoms. The Morgan fingerprint density at radius 1 is 1.23 bits per heavy atom. The van der Waals surface area contributed by atoms with Gasteiger partial charge in [0.2, 0.25) is 10.0 Å². The summed E-state index contributed by atoms with van der Waals surface area (Å²) >= 11 is 0. The quantitative estimate of drug-likeness (QED) is 0.863. The maximum absolute atomic E-state index is 13.3. The van der Waals surface area contributed by atoms with Crippen molar-refractivity contribution in [3.05, 3.63) is 59.7 Å². The molecule has 0 aromatic heterocycles. The van der Waals surface area contributed by atoms with Crippen LogP contribution in [0.5, 0.6) is 0 Å². The molecule has 1 aliphatic heterocycles. The first-order valence-corrected chi connectivity index (χ1v) is 9.24. The average molecular weight is 382 g/mol. The first-order valence-electron chi connectivity index (χ1n) is 7.76. The van der Waals surface area contributed by atoms with Crippen molar-refractivity contribution in [1.82, 2.24) is 4.72 Å². The lowest BCUT2D eigenvalue weighted by Crippen LogP contribution is -2.34. The molecular weight excluding hydrogens is 366 g/mol. The number of sulfonamides is 1. The zero-order valence-corrected chi connectivity index (χ0v) is 14.6. The van der Waals surface area contributed by atoms with E-state index in [1.54, 1.807) is 6.07 Å². The minimum Gasteiger partial charge on any atom is -0.443 e. The maximum Gasteiger partial charge on any atom is 0.414 e. The molecular formula is C17H16F2N2O4S. The minimum atomic E-state index is -3.88. The van der Waals surface area contributed by atoms with Crippen LogP contribution in [0, 0.1) is 18.6 Å². The van der Waals surface area contributed by atoms with E-state index in [0.717, 1.165) is 12.1 Å². The van der Waals surface area contributed by atoms with Gasteiger partial charge < -0.3 is 4.74 Å². The smallest absolute Gasteiger partial charge is 0.414 e. The summed E-state index contributed by atoms with van der Waals surface area (Å²) in [5, 5.41) is 0. The number of anilines is 1. The molecule has 138 valence electrons. The number of hydrogen-bond acceptors (Lipinski definition) is 4. The van der Waals surface area contributed by atoms with Crippen LogP contribution in [0.3, 0.4) is 0 Å². The van der Waals surface area contributed by atoms with Crippen LogP contribution in [0.2, 0.25) is 0 Å². The van der Waals surface area contributed by atoms with Crippen LogP contribution in [-0.2, 0) is 14.8 Å². The predicted octanol–water partition coefficient (Wildman–Crippen LogP) is 2.58. The van der Waals surface area contributed by atoms with Gasteiger partial charge in [0.05, 0.1) is 17.1 Å². The number of nitrogens with zero attached hydrogens (tertiary/aromatic N) is 1. The molecule has 1 saturated heterocycles. The van der Waals surface area contributed by atoms with E-state index < -0.39 is 33.9 Å². The van der Waals surface area contributed by atoms with Gasteiger partial charge in [-0.3, -0.25) is 4.90 Å². The molecule has 3 rings (SSSR count). The van der Waals surface area contributed by atoms with Gasteiger partial charge in [-0.1, -0.05) is 6.07 Å². The van der Waals surface area contributed by atoms with Crippen molar-refractivity contribution in [2.75, 3.05) is 18.0 Å². The third-order valence-electron chi connectivity index (χ3n) is 3.93. The molecule has 0 radical (unpaired) electrons. The van der Waals surface area contributed by atoms with E-state index in [9.17, 15) is 22.0 Å². The van der Waals surface area contributed by atoms with Gasteiger partial charge in [0.25, 0.3) is 0 Å². The number of aryl methyl sites for hydroxylation is 1. The largest absolute Gasteiger partial charge is 0.443 e. The average Bonchev–Trinajstić information content (AvgIpc) is 2.96. The van der Waals surface area contributed by atoms with Crippen LogP contribution in [0.1, 0.15) is 5.56 Å². The van der Waals surface area contributed by atoms with E-state index in [0.29, 0.717) is 5.69 Å². The molecule has 0 saturated carbocycles. The van der Waals surface area contributed by atoms with Crippen molar-refractivity contribution in [2.24, 2.45) is 0 Å². The number of ether oxygens (including phenoxy) is 1. The van der Waals surface area contributed by atoms with E-state index in [4.69, 9.17) is 4.74 Å². The number of nitrogens with one attached hydrogen (secondary N) is 1. The van der Waals surface area contributed by atoms with Crippen LogP contribution in [0.25, 0.3) is 0 Å². The van der Waals surface area contributed by atoms with E-state index >= 15 is 0 Å². The third kappa shape index (κ3) is 3.83. The van der Waals surface area contributed by atoms with Crippen molar-refractivity contribution in [2.45, 2.75) is 17.9 Å². The van der Waals surface area contributed by atoms with Crippen LogP contribution in [-0.4, -0.2) is 33.7 Å². The van der Waals surface area contributed by atoms with Gasteiger partial charge in [0.15, 0.2) is 0 Å². The van der Waals surface area contributed by atoms with Crippen LogP contribution < -0.4 is 9.62 Å². The molecule has 0 bridgehead atoms. The number of carbonyl (C=O) groups excluding carboxylic acids is 1. The number of halogens is 2.